The highest BCUT2D eigenvalue weighted by molar-refractivity contribution is 7.16. The van der Waals surface area contributed by atoms with Crippen LogP contribution in [0.25, 0.3) is 0 Å². The number of aliphatic imine (C=N–C) groups is 1. The molecule has 2 atom stereocenters. The van der Waals surface area contributed by atoms with E-state index in [0.717, 1.165) is 17.0 Å². The third-order valence-corrected chi connectivity index (χ3v) is 4.93. The number of guanidine groups is 1. The summed E-state index contributed by atoms with van der Waals surface area (Å²) < 4.78 is 6.22. The molecular weight excluding hydrogens is 358 g/mol. The van der Waals surface area contributed by atoms with E-state index < -0.39 is 6.10 Å². The number of aliphatic hydroxyl groups is 1. The van der Waals surface area contributed by atoms with Crippen LogP contribution in [0.1, 0.15) is 29.6 Å². The number of ether oxygens (including phenoxy) is 1. The Kier molecular flexibility index (Phi) is 8.21. The molecular formula is C18H24ClN3O2S. The fourth-order valence-corrected chi connectivity index (χ4v) is 3.35. The Morgan fingerprint density at radius 3 is 2.60 bits per heavy atom. The lowest BCUT2D eigenvalue weighted by atomic mass is 10.1. The van der Waals surface area contributed by atoms with Crippen molar-refractivity contribution in [2.75, 3.05) is 26.7 Å². The first-order chi connectivity index (χ1) is 12.1. The van der Waals surface area contributed by atoms with Gasteiger partial charge < -0.3 is 20.5 Å². The van der Waals surface area contributed by atoms with Crippen LogP contribution in [0.3, 0.4) is 0 Å². The molecule has 0 aliphatic heterocycles. The summed E-state index contributed by atoms with van der Waals surface area (Å²) in [4.78, 5) is 5.26. The Morgan fingerprint density at radius 1 is 1.24 bits per heavy atom. The summed E-state index contributed by atoms with van der Waals surface area (Å²) in [5.74, 6) is 0.641. The van der Waals surface area contributed by atoms with E-state index in [0.29, 0.717) is 16.8 Å². The summed E-state index contributed by atoms with van der Waals surface area (Å²) in [5.41, 5.74) is 1.10. The van der Waals surface area contributed by atoms with E-state index in [9.17, 15) is 5.11 Å². The number of nitrogens with zero attached hydrogens (tertiary/aromatic N) is 1. The number of aliphatic hydroxyl groups excluding tert-OH is 1. The minimum absolute atomic E-state index is 0.0777. The van der Waals surface area contributed by atoms with Crippen molar-refractivity contribution in [1.82, 2.24) is 10.6 Å². The monoisotopic (exact) mass is 381 g/mol. The molecule has 0 amide bonds. The van der Waals surface area contributed by atoms with Crippen molar-refractivity contribution < 1.29 is 9.84 Å². The van der Waals surface area contributed by atoms with Crippen molar-refractivity contribution in [1.29, 1.82) is 0 Å². The number of thiophene rings is 1. The van der Waals surface area contributed by atoms with E-state index >= 15 is 0 Å². The molecule has 2 rings (SSSR count). The summed E-state index contributed by atoms with van der Waals surface area (Å²) in [6.07, 6.45) is -0.744. The number of nitrogens with one attached hydrogen (secondary N) is 2. The molecule has 0 spiro atoms. The van der Waals surface area contributed by atoms with Gasteiger partial charge in [0.15, 0.2) is 5.96 Å². The van der Waals surface area contributed by atoms with E-state index in [1.165, 1.54) is 11.3 Å². The third kappa shape index (κ3) is 6.32. The van der Waals surface area contributed by atoms with Gasteiger partial charge in [0.05, 0.1) is 17.0 Å². The molecule has 0 saturated heterocycles. The average molecular weight is 382 g/mol. The van der Waals surface area contributed by atoms with E-state index in [-0.39, 0.29) is 12.6 Å². The topological polar surface area (TPSA) is 65.9 Å². The van der Waals surface area contributed by atoms with Gasteiger partial charge in [-0.3, -0.25) is 4.99 Å². The smallest absolute Gasteiger partial charge is 0.191 e. The molecule has 1 aromatic carbocycles. The molecule has 2 unspecified atom stereocenters. The number of hydrogen-bond donors (Lipinski definition) is 3. The molecule has 2 aromatic rings. The summed E-state index contributed by atoms with van der Waals surface area (Å²) in [6, 6.07) is 13.6. The fourth-order valence-electron chi connectivity index (χ4n) is 2.31. The first-order valence-electron chi connectivity index (χ1n) is 8.17. The maximum Gasteiger partial charge on any atom is 0.191 e. The second-order valence-corrected chi connectivity index (χ2v) is 7.14. The van der Waals surface area contributed by atoms with Gasteiger partial charge in [-0.25, -0.2) is 0 Å². The van der Waals surface area contributed by atoms with E-state index in [2.05, 4.69) is 15.6 Å². The average Bonchev–Trinajstić information content (AvgIpc) is 3.07. The van der Waals surface area contributed by atoms with Gasteiger partial charge in [0.2, 0.25) is 0 Å². The minimum atomic E-state index is -0.666. The van der Waals surface area contributed by atoms with Crippen molar-refractivity contribution in [2.24, 2.45) is 4.99 Å². The normalized spacial score (nSPS) is 14.2. The van der Waals surface area contributed by atoms with Crippen LogP contribution in [0, 0.1) is 0 Å². The molecule has 0 saturated carbocycles. The van der Waals surface area contributed by atoms with Crippen molar-refractivity contribution in [2.45, 2.75) is 19.1 Å². The fraction of sp³-hybridized carbons (Fsp3) is 0.389. The molecule has 1 aromatic heterocycles. The highest BCUT2D eigenvalue weighted by atomic mass is 35.5. The molecule has 0 fully saturated rings. The zero-order valence-corrected chi connectivity index (χ0v) is 16.0. The Labute approximate surface area is 157 Å². The Morgan fingerprint density at radius 2 is 2.00 bits per heavy atom. The van der Waals surface area contributed by atoms with Gasteiger partial charge in [0.1, 0.15) is 6.10 Å². The van der Waals surface area contributed by atoms with Gasteiger partial charge in [0.25, 0.3) is 0 Å². The molecule has 1 heterocycles. The molecule has 136 valence electrons. The molecule has 5 nitrogen and oxygen atoms in total. The van der Waals surface area contributed by atoms with Gasteiger partial charge in [-0.05, 0) is 24.6 Å². The number of benzene rings is 1. The van der Waals surface area contributed by atoms with Crippen molar-refractivity contribution in [3.8, 4) is 0 Å². The molecule has 0 aliphatic rings. The SMILES string of the molecule is CCNC(=NCC(O)c1ccc(Cl)s1)NCC(OC)c1ccccc1. The van der Waals surface area contributed by atoms with Crippen LogP contribution >= 0.6 is 22.9 Å². The van der Waals surface area contributed by atoms with Crippen LogP contribution < -0.4 is 10.6 Å². The van der Waals surface area contributed by atoms with Crippen LogP contribution in [0.15, 0.2) is 47.5 Å². The van der Waals surface area contributed by atoms with Gasteiger partial charge in [-0.2, -0.15) is 0 Å². The first-order valence-corrected chi connectivity index (χ1v) is 9.36. The zero-order chi connectivity index (χ0) is 18.1. The van der Waals surface area contributed by atoms with E-state index in [4.69, 9.17) is 16.3 Å². The third-order valence-electron chi connectivity index (χ3n) is 3.60. The second kappa shape index (κ2) is 10.4. The molecule has 0 aliphatic carbocycles. The highest BCUT2D eigenvalue weighted by Crippen LogP contribution is 2.26. The maximum absolute atomic E-state index is 10.2. The Bertz CT molecular complexity index is 663. The van der Waals surface area contributed by atoms with E-state index in [1.54, 1.807) is 13.2 Å². The van der Waals surface area contributed by atoms with E-state index in [1.807, 2.05) is 43.3 Å². The van der Waals surface area contributed by atoms with Crippen molar-refractivity contribution in [3.63, 3.8) is 0 Å². The number of halogens is 1. The van der Waals surface area contributed by atoms with Crippen LogP contribution in [0.2, 0.25) is 4.34 Å². The van der Waals surface area contributed by atoms with Crippen molar-refractivity contribution in [3.05, 3.63) is 57.2 Å². The molecule has 25 heavy (non-hydrogen) atoms. The lowest BCUT2D eigenvalue weighted by Crippen LogP contribution is -2.40. The molecule has 7 heteroatoms. The van der Waals surface area contributed by atoms with Crippen LogP contribution in [0.4, 0.5) is 0 Å². The second-order valence-electron chi connectivity index (χ2n) is 5.39. The standard InChI is InChI=1S/C18H24ClN3O2S/c1-3-20-18(21-11-14(23)16-9-10-17(19)25-16)22-12-15(24-2)13-7-5-4-6-8-13/h4-10,14-15,23H,3,11-12H2,1-2H3,(H2,20,21,22). The minimum Gasteiger partial charge on any atom is -0.386 e. The largest absolute Gasteiger partial charge is 0.386 e. The Balaban J connectivity index is 1.94. The Hall–Kier alpha value is -1.60. The highest BCUT2D eigenvalue weighted by Gasteiger charge is 2.12. The van der Waals surface area contributed by atoms with Gasteiger partial charge >= 0.3 is 0 Å². The van der Waals surface area contributed by atoms with Crippen LogP contribution in [-0.4, -0.2) is 37.8 Å². The maximum atomic E-state index is 10.2. The lowest BCUT2D eigenvalue weighted by molar-refractivity contribution is 0.106. The van der Waals surface area contributed by atoms with Gasteiger partial charge in [0, 0.05) is 25.1 Å². The molecule has 0 bridgehead atoms. The van der Waals surface area contributed by atoms with Gasteiger partial charge in [-0.1, -0.05) is 41.9 Å². The van der Waals surface area contributed by atoms with Crippen molar-refractivity contribution >= 4 is 28.9 Å². The zero-order valence-electron chi connectivity index (χ0n) is 14.4. The molecule has 3 N–H and O–H groups in total. The lowest BCUT2D eigenvalue weighted by Gasteiger charge is -2.19. The summed E-state index contributed by atoms with van der Waals surface area (Å²) in [5, 5.41) is 16.7. The number of rotatable bonds is 8. The number of methoxy groups -OCH3 is 1. The quantitative estimate of drug-likeness (QED) is 0.484. The molecule has 0 radical (unpaired) electrons. The van der Waals surface area contributed by atoms with Crippen LogP contribution in [-0.2, 0) is 4.74 Å². The first kappa shape index (κ1) is 19.7. The number of hydrogen-bond acceptors (Lipinski definition) is 4. The summed E-state index contributed by atoms with van der Waals surface area (Å²) in [7, 11) is 1.69. The predicted molar refractivity (Wildman–Crippen MR) is 104 cm³/mol. The van der Waals surface area contributed by atoms with Crippen LogP contribution in [0.5, 0.6) is 0 Å². The summed E-state index contributed by atoms with van der Waals surface area (Å²) in [6.45, 7) is 3.57. The summed E-state index contributed by atoms with van der Waals surface area (Å²) >= 11 is 7.27. The predicted octanol–water partition coefficient (Wildman–Crippen LogP) is 3.38. The van der Waals surface area contributed by atoms with Gasteiger partial charge in [-0.15, -0.1) is 11.3 Å².